The molecule has 2 nitrogen and oxygen atoms in total. The molecule has 0 unspecified atom stereocenters. The summed E-state index contributed by atoms with van der Waals surface area (Å²) < 4.78 is 13.1. The Bertz CT molecular complexity index is 561. The highest BCUT2D eigenvalue weighted by Crippen LogP contribution is 2.37. The normalized spacial score (nSPS) is 22.2. The molecule has 0 bridgehead atoms. The summed E-state index contributed by atoms with van der Waals surface area (Å²) in [6.45, 7) is 2.92. The lowest BCUT2D eigenvalue weighted by atomic mass is 9.76. The van der Waals surface area contributed by atoms with Gasteiger partial charge in [0.15, 0.2) is 0 Å². The van der Waals surface area contributed by atoms with Gasteiger partial charge in [-0.1, -0.05) is 12.1 Å². The first-order valence-electron chi connectivity index (χ1n) is 6.61. The van der Waals surface area contributed by atoms with E-state index in [9.17, 15) is 4.39 Å². The van der Waals surface area contributed by atoms with E-state index in [1.807, 2.05) is 19.2 Å². The van der Waals surface area contributed by atoms with Crippen molar-refractivity contribution in [3.63, 3.8) is 0 Å². The van der Waals surface area contributed by atoms with Gasteiger partial charge in [-0.05, 0) is 43.4 Å². The monoisotopic (exact) mass is 276 g/mol. The second-order valence-corrected chi connectivity index (χ2v) is 6.47. The molecule has 19 heavy (non-hydrogen) atoms. The lowest BCUT2D eigenvalue weighted by Gasteiger charge is -2.36. The van der Waals surface area contributed by atoms with Crippen LogP contribution in [0.25, 0.3) is 0 Å². The van der Waals surface area contributed by atoms with E-state index < -0.39 is 0 Å². The minimum Gasteiger partial charge on any atom is -0.309 e. The highest BCUT2D eigenvalue weighted by atomic mass is 32.1. The van der Waals surface area contributed by atoms with Crippen LogP contribution >= 0.6 is 11.3 Å². The van der Waals surface area contributed by atoms with Crippen LogP contribution in [0.1, 0.15) is 34.2 Å². The van der Waals surface area contributed by atoms with Crippen molar-refractivity contribution >= 4 is 11.3 Å². The maximum absolute atomic E-state index is 13.1. The number of thiazole rings is 1. The van der Waals surface area contributed by atoms with Crippen molar-refractivity contribution < 1.29 is 4.39 Å². The number of rotatable bonds is 4. The summed E-state index contributed by atoms with van der Waals surface area (Å²) >= 11 is 1.74. The number of nitrogens with one attached hydrogen (secondary N) is 1. The molecule has 4 heteroatoms. The molecule has 0 radical (unpaired) electrons. The van der Waals surface area contributed by atoms with Crippen LogP contribution in [-0.2, 0) is 6.54 Å². The molecule has 1 aliphatic carbocycles. The second-order valence-electron chi connectivity index (χ2n) is 5.15. The smallest absolute Gasteiger partial charge is 0.123 e. The minimum atomic E-state index is -0.131. The van der Waals surface area contributed by atoms with Crippen molar-refractivity contribution in [3.05, 3.63) is 51.7 Å². The number of hydrogen-bond donors (Lipinski definition) is 1. The predicted octanol–water partition coefficient (Wildman–Crippen LogP) is 3.63. The highest BCUT2D eigenvalue weighted by Gasteiger charge is 2.29. The van der Waals surface area contributed by atoms with Crippen LogP contribution in [0, 0.1) is 12.7 Å². The Morgan fingerprint density at radius 1 is 1.42 bits per heavy atom. The molecule has 1 aliphatic rings. The average Bonchev–Trinajstić information content (AvgIpc) is 2.73. The average molecular weight is 276 g/mol. The van der Waals surface area contributed by atoms with Crippen molar-refractivity contribution in [1.82, 2.24) is 10.3 Å². The van der Waals surface area contributed by atoms with Gasteiger partial charge in [0.1, 0.15) is 5.82 Å². The number of hydrogen-bond acceptors (Lipinski definition) is 3. The largest absolute Gasteiger partial charge is 0.309 e. The number of halogens is 1. The molecular weight excluding hydrogens is 259 g/mol. The molecule has 1 heterocycles. The first-order chi connectivity index (χ1) is 9.20. The minimum absolute atomic E-state index is 0.131. The summed E-state index contributed by atoms with van der Waals surface area (Å²) in [5.41, 5.74) is 1.13. The summed E-state index contributed by atoms with van der Waals surface area (Å²) in [6.07, 6.45) is 4.14. The van der Waals surface area contributed by atoms with Crippen molar-refractivity contribution in [2.24, 2.45) is 0 Å². The van der Waals surface area contributed by atoms with Gasteiger partial charge in [-0.25, -0.2) is 9.37 Å². The van der Waals surface area contributed by atoms with Crippen LogP contribution in [0.3, 0.4) is 0 Å². The first kappa shape index (κ1) is 12.8. The van der Waals surface area contributed by atoms with E-state index in [0.29, 0.717) is 12.0 Å². The van der Waals surface area contributed by atoms with Crippen LogP contribution < -0.4 is 5.32 Å². The third-order valence-electron chi connectivity index (χ3n) is 3.69. The highest BCUT2D eigenvalue weighted by molar-refractivity contribution is 7.11. The molecule has 2 aromatic rings. The van der Waals surface area contributed by atoms with E-state index in [4.69, 9.17) is 0 Å². The molecule has 1 aromatic heterocycles. The van der Waals surface area contributed by atoms with Crippen molar-refractivity contribution in [1.29, 1.82) is 0 Å². The van der Waals surface area contributed by atoms with Crippen LogP contribution in [0.15, 0.2) is 30.5 Å². The van der Waals surface area contributed by atoms with Gasteiger partial charge in [0.2, 0.25) is 0 Å². The molecule has 0 aliphatic heterocycles. The van der Waals surface area contributed by atoms with Crippen molar-refractivity contribution in [3.8, 4) is 0 Å². The van der Waals surface area contributed by atoms with Gasteiger partial charge in [0.25, 0.3) is 0 Å². The van der Waals surface area contributed by atoms with Crippen LogP contribution in [0.5, 0.6) is 0 Å². The Morgan fingerprint density at radius 2 is 2.26 bits per heavy atom. The topological polar surface area (TPSA) is 24.9 Å². The number of benzene rings is 1. The molecule has 0 spiro atoms. The van der Waals surface area contributed by atoms with E-state index in [-0.39, 0.29) is 5.82 Å². The van der Waals surface area contributed by atoms with Crippen LogP contribution in [0.2, 0.25) is 0 Å². The first-order valence-corrected chi connectivity index (χ1v) is 7.42. The fraction of sp³-hybridized carbons (Fsp3) is 0.400. The lowest BCUT2D eigenvalue weighted by Crippen LogP contribution is -2.39. The zero-order chi connectivity index (χ0) is 13.2. The fourth-order valence-corrected chi connectivity index (χ4v) is 3.29. The summed E-state index contributed by atoms with van der Waals surface area (Å²) in [6, 6.07) is 7.54. The van der Waals surface area contributed by atoms with E-state index in [1.165, 1.54) is 10.9 Å². The summed E-state index contributed by atoms with van der Waals surface area (Å²) in [5.74, 6) is 0.380. The molecule has 1 aromatic carbocycles. The van der Waals surface area contributed by atoms with Gasteiger partial charge in [-0.3, -0.25) is 0 Å². The van der Waals surface area contributed by atoms with Crippen molar-refractivity contribution in [2.45, 2.75) is 38.3 Å². The SMILES string of the molecule is Cc1ncc(CNC2CC(c3cccc(F)c3)C2)s1. The summed E-state index contributed by atoms with van der Waals surface area (Å²) in [7, 11) is 0. The number of nitrogens with zero attached hydrogens (tertiary/aromatic N) is 1. The van der Waals surface area contributed by atoms with Gasteiger partial charge in [0.05, 0.1) is 5.01 Å². The molecule has 0 saturated heterocycles. The maximum atomic E-state index is 13.1. The summed E-state index contributed by atoms with van der Waals surface area (Å²) in [4.78, 5) is 5.53. The van der Waals surface area contributed by atoms with Gasteiger partial charge in [0, 0.05) is 23.7 Å². The Balaban J connectivity index is 1.48. The third-order valence-corrected chi connectivity index (χ3v) is 4.61. The predicted molar refractivity (Wildman–Crippen MR) is 75.9 cm³/mol. The van der Waals surface area contributed by atoms with Crippen LogP contribution in [-0.4, -0.2) is 11.0 Å². The number of aryl methyl sites for hydroxylation is 1. The Hall–Kier alpha value is -1.26. The zero-order valence-electron chi connectivity index (χ0n) is 10.9. The Kier molecular flexibility index (Phi) is 3.62. The maximum Gasteiger partial charge on any atom is 0.123 e. The second kappa shape index (κ2) is 5.39. The zero-order valence-corrected chi connectivity index (χ0v) is 11.7. The van der Waals surface area contributed by atoms with Crippen molar-refractivity contribution in [2.75, 3.05) is 0 Å². The van der Waals surface area contributed by atoms with E-state index in [0.717, 1.165) is 30.0 Å². The summed E-state index contributed by atoms with van der Waals surface area (Å²) in [5, 5.41) is 4.65. The molecule has 1 saturated carbocycles. The van der Waals surface area contributed by atoms with Gasteiger partial charge < -0.3 is 5.32 Å². The Morgan fingerprint density at radius 3 is 2.95 bits per heavy atom. The molecule has 1 N–H and O–H groups in total. The number of aromatic nitrogens is 1. The van der Waals surface area contributed by atoms with Gasteiger partial charge in [-0.2, -0.15) is 0 Å². The molecule has 0 atom stereocenters. The van der Waals surface area contributed by atoms with E-state index in [2.05, 4.69) is 10.3 Å². The van der Waals surface area contributed by atoms with Gasteiger partial charge in [-0.15, -0.1) is 11.3 Å². The fourth-order valence-electron chi connectivity index (χ4n) is 2.55. The molecule has 3 rings (SSSR count). The molecular formula is C15H17FN2S. The molecule has 1 fully saturated rings. The molecule has 0 amide bonds. The van der Waals surface area contributed by atoms with Gasteiger partial charge >= 0.3 is 0 Å². The van der Waals surface area contributed by atoms with E-state index in [1.54, 1.807) is 23.5 Å². The van der Waals surface area contributed by atoms with Crippen LogP contribution in [0.4, 0.5) is 4.39 Å². The standard InChI is InChI=1S/C15H17FN2S/c1-10-17-8-15(19-10)9-18-14-6-12(7-14)11-3-2-4-13(16)5-11/h2-5,8,12,14,18H,6-7,9H2,1H3. The quantitative estimate of drug-likeness (QED) is 0.922. The third kappa shape index (κ3) is 3.01. The Labute approximate surface area is 116 Å². The van der Waals surface area contributed by atoms with E-state index >= 15 is 0 Å². The lowest BCUT2D eigenvalue weighted by molar-refractivity contribution is 0.289. The molecule has 100 valence electrons.